The molecule has 0 saturated heterocycles. The number of nitrogens with one attached hydrogen (secondary N) is 1. The molecule has 120 valence electrons. The number of carboxylic acid groups (broad SMARTS) is 1. The Bertz CT molecular complexity index is 545. The number of hydrogen-bond acceptors (Lipinski definition) is 4. The summed E-state index contributed by atoms with van der Waals surface area (Å²) in [4.78, 5) is 11.4. The molecule has 5 heteroatoms. The lowest BCUT2D eigenvalue weighted by molar-refractivity contribution is -0.141. The van der Waals surface area contributed by atoms with Crippen LogP contribution in [0.3, 0.4) is 0 Å². The molecule has 0 radical (unpaired) electrons. The third-order valence-corrected chi connectivity index (χ3v) is 4.53. The van der Waals surface area contributed by atoms with Gasteiger partial charge >= 0.3 is 5.97 Å². The first kappa shape index (κ1) is 17.1. The van der Waals surface area contributed by atoms with Gasteiger partial charge in [0, 0.05) is 13.1 Å². The van der Waals surface area contributed by atoms with Crippen LogP contribution in [0.1, 0.15) is 24.0 Å². The van der Waals surface area contributed by atoms with Gasteiger partial charge < -0.3 is 5.11 Å². The van der Waals surface area contributed by atoms with Gasteiger partial charge in [0.25, 0.3) is 0 Å². The van der Waals surface area contributed by atoms with Gasteiger partial charge in [-0.05, 0) is 48.5 Å². The predicted molar refractivity (Wildman–Crippen MR) is 92.9 cm³/mol. The number of thioether (sulfide) groups is 1. The zero-order valence-electron chi connectivity index (χ0n) is 13.2. The summed E-state index contributed by atoms with van der Waals surface area (Å²) in [6.45, 7) is 3.70. The normalized spacial score (nSPS) is 17.1. The molecule has 1 heterocycles. The number of nitrogens with zero attached hydrogens (tertiary/aromatic N) is 1. The van der Waals surface area contributed by atoms with Gasteiger partial charge in [-0.2, -0.15) is 11.8 Å². The Kier molecular flexibility index (Phi) is 6.49. The summed E-state index contributed by atoms with van der Waals surface area (Å²) in [5.74, 6) is 0.0687. The van der Waals surface area contributed by atoms with Crippen LogP contribution in [-0.2, 0) is 4.79 Å². The molecule has 2 rings (SSSR count). The molecule has 4 nitrogen and oxygen atoms in total. The molecular formula is C17H24N2O2S. The second kappa shape index (κ2) is 8.36. The lowest BCUT2D eigenvalue weighted by Gasteiger charge is -2.31. The highest BCUT2D eigenvalue weighted by Crippen LogP contribution is 2.23. The van der Waals surface area contributed by atoms with Crippen molar-refractivity contribution in [3.8, 4) is 0 Å². The average molecular weight is 320 g/mol. The molecule has 2 N–H and O–H groups in total. The van der Waals surface area contributed by atoms with Crippen LogP contribution in [0.25, 0.3) is 5.57 Å². The monoisotopic (exact) mass is 320 g/mol. The Morgan fingerprint density at radius 3 is 2.91 bits per heavy atom. The fourth-order valence-corrected chi connectivity index (χ4v) is 3.15. The van der Waals surface area contributed by atoms with E-state index in [4.69, 9.17) is 0 Å². The van der Waals surface area contributed by atoms with Crippen molar-refractivity contribution in [2.24, 2.45) is 0 Å². The van der Waals surface area contributed by atoms with Gasteiger partial charge in [0.2, 0.25) is 0 Å². The van der Waals surface area contributed by atoms with Crippen LogP contribution in [0.4, 0.5) is 0 Å². The summed E-state index contributed by atoms with van der Waals surface area (Å²) in [5.41, 5.74) is 6.97. The number of rotatable bonds is 7. The molecule has 0 bridgehead atoms. The first-order valence-corrected chi connectivity index (χ1v) is 8.99. The summed E-state index contributed by atoms with van der Waals surface area (Å²) in [7, 11) is 0. The summed E-state index contributed by atoms with van der Waals surface area (Å²) < 4.78 is 0. The van der Waals surface area contributed by atoms with E-state index in [0.29, 0.717) is 6.42 Å². The van der Waals surface area contributed by atoms with Crippen molar-refractivity contribution in [2.45, 2.75) is 25.8 Å². The van der Waals surface area contributed by atoms with Crippen LogP contribution in [0.2, 0.25) is 0 Å². The Morgan fingerprint density at radius 1 is 1.45 bits per heavy atom. The summed E-state index contributed by atoms with van der Waals surface area (Å²) in [6, 6.07) is 7.83. The molecule has 0 amide bonds. The molecule has 0 aromatic heterocycles. The Morgan fingerprint density at radius 2 is 2.23 bits per heavy atom. The van der Waals surface area contributed by atoms with E-state index in [0.717, 1.165) is 25.3 Å². The van der Waals surface area contributed by atoms with E-state index in [1.54, 1.807) is 11.8 Å². The lowest BCUT2D eigenvalue weighted by atomic mass is 9.98. The van der Waals surface area contributed by atoms with Gasteiger partial charge in [-0.1, -0.05) is 30.3 Å². The largest absolute Gasteiger partial charge is 0.480 e. The maximum Gasteiger partial charge on any atom is 0.322 e. The van der Waals surface area contributed by atoms with E-state index in [-0.39, 0.29) is 0 Å². The number of hydrogen-bond donors (Lipinski definition) is 2. The first-order chi connectivity index (χ1) is 10.6. The smallest absolute Gasteiger partial charge is 0.322 e. The number of carboxylic acids is 1. The lowest BCUT2D eigenvalue weighted by Crippen LogP contribution is -2.50. The van der Waals surface area contributed by atoms with Gasteiger partial charge in [0.15, 0.2) is 0 Å². The van der Waals surface area contributed by atoms with Crippen molar-refractivity contribution < 1.29 is 9.90 Å². The van der Waals surface area contributed by atoms with E-state index in [1.807, 2.05) is 23.4 Å². The van der Waals surface area contributed by atoms with E-state index in [9.17, 15) is 9.90 Å². The van der Waals surface area contributed by atoms with Crippen LogP contribution >= 0.6 is 11.8 Å². The number of carbonyl (C=O) groups is 1. The van der Waals surface area contributed by atoms with Crippen molar-refractivity contribution in [3.05, 3.63) is 41.5 Å². The molecule has 22 heavy (non-hydrogen) atoms. The topological polar surface area (TPSA) is 52.6 Å². The molecule has 0 aliphatic carbocycles. The maximum atomic E-state index is 11.4. The highest BCUT2D eigenvalue weighted by molar-refractivity contribution is 7.98. The third-order valence-electron chi connectivity index (χ3n) is 3.89. The molecule has 1 aromatic rings. The maximum absolute atomic E-state index is 11.4. The van der Waals surface area contributed by atoms with Crippen molar-refractivity contribution in [1.29, 1.82) is 0 Å². The quantitative estimate of drug-likeness (QED) is 0.809. The molecular weight excluding hydrogens is 296 g/mol. The molecule has 0 saturated carbocycles. The number of benzene rings is 1. The minimum absolute atomic E-state index is 0.510. The second-order valence-electron chi connectivity index (χ2n) is 5.56. The minimum atomic E-state index is -0.777. The average Bonchev–Trinajstić information content (AvgIpc) is 2.52. The van der Waals surface area contributed by atoms with Gasteiger partial charge in [-0.15, -0.1) is 0 Å². The second-order valence-corrected chi connectivity index (χ2v) is 6.54. The predicted octanol–water partition coefficient (Wildman–Crippen LogP) is 2.80. The zero-order chi connectivity index (χ0) is 15.9. The van der Waals surface area contributed by atoms with E-state index >= 15 is 0 Å². The summed E-state index contributed by atoms with van der Waals surface area (Å²) >= 11 is 1.68. The molecule has 1 aliphatic heterocycles. The van der Waals surface area contributed by atoms with Crippen molar-refractivity contribution in [3.63, 3.8) is 0 Å². The van der Waals surface area contributed by atoms with Crippen LogP contribution in [0.15, 0.2) is 30.3 Å². The van der Waals surface area contributed by atoms with Gasteiger partial charge in [-0.3, -0.25) is 4.79 Å². The summed E-state index contributed by atoms with van der Waals surface area (Å²) in [5, 5.41) is 11.4. The van der Waals surface area contributed by atoms with Gasteiger partial charge in [0.1, 0.15) is 6.04 Å². The number of aryl methyl sites for hydroxylation is 1. The third kappa shape index (κ3) is 4.60. The number of aliphatic carboxylic acids is 1. The van der Waals surface area contributed by atoms with Gasteiger partial charge in [-0.25, -0.2) is 10.4 Å². The molecule has 1 atom stereocenters. The zero-order valence-corrected chi connectivity index (χ0v) is 14.0. The number of hydrazine groups is 1. The molecule has 0 fully saturated rings. The van der Waals surface area contributed by atoms with Crippen LogP contribution < -0.4 is 5.43 Å². The molecule has 0 spiro atoms. The Balaban J connectivity index is 2.02. The Hall–Kier alpha value is -1.30. The highest BCUT2D eigenvalue weighted by atomic mass is 32.2. The molecule has 1 aliphatic rings. The van der Waals surface area contributed by atoms with E-state index in [1.165, 1.54) is 16.7 Å². The van der Waals surface area contributed by atoms with Crippen molar-refractivity contribution in [1.82, 2.24) is 10.4 Å². The fraction of sp³-hybridized carbons (Fsp3) is 0.471. The van der Waals surface area contributed by atoms with Crippen LogP contribution in [-0.4, -0.2) is 47.2 Å². The SMILES string of the molecule is CSCC[C@H](NN1CCC=C(c2ccccc2C)C1)C(=O)O. The van der Waals surface area contributed by atoms with Gasteiger partial charge in [0.05, 0.1) is 0 Å². The Labute approximate surface area is 136 Å². The van der Waals surface area contributed by atoms with E-state index in [2.05, 4.69) is 30.6 Å². The molecule has 1 aromatic carbocycles. The van der Waals surface area contributed by atoms with Crippen molar-refractivity contribution in [2.75, 3.05) is 25.1 Å². The van der Waals surface area contributed by atoms with Crippen LogP contribution in [0.5, 0.6) is 0 Å². The fourth-order valence-electron chi connectivity index (χ4n) is 2.68. The summed E-state index contributed by atoms with van der Waals surface area (Å²) in [6.07, 6.45) is 5.83. The standard InChI is InChI=1S/C17H24N2O2S/c1-13-6-3-4-8-15(13)14-7-5-10-19(12-14)18-16(17(20)21)9-11-22-2/h3-4,6-8,16,18H,5,9-12H2,1-2H3,(H,20,21)/t16-/m0/s1. The first-order valence-electron chi connectivity index (χ1n) is 7.59. The minimum Gasteiger partial charge on any atom is -0.480 e. The van der Waals surface area contributed by atoms with Crippen LogP contribution in [0, 0.1) is 6.92 Å². The highest BCUT2D eigenvalue weighted by Gasteiger charge is 2.22. The molecule has 0 unspecified atom stereocenters. The van der Waals surface area contributed by atoms with E-state index < -0.39 is 12.0 Å². The van der Waals surface area contributed by atoms with Crippen molar-refractivity contribution >= 4 is 23.3 Å².